The Hall–Kier alpha value is -1.75. The Morgan fingerprint density at radius 1 is 1.33 bits per heavy atom. The number of carbonyl (C=O) groups is 1. The standard InChI is InChI=1S/C16H23N3O2/c17-12-5-6-15(18-11-13-4-3-9-21-13)14(10-12)16(20)19-7-1-2-8-19/h5-6,10,13,18H,1-4,7-9,11,17H2. The van der Waals surface area contributed by atoms with Gasteiger partial charge >= 0.3 is 0 Å². The van der Waals surface area contributed by atoms with Gasteiger partial charge in [0, 0.05) is 37.6 Å². The minimum atomic E-state index is 0.0784. The summed E-state index contributed by atoms with van der Waals surface area (Å²) < 4.78 is 5.62. The molecule has 1 amide bonds. The molecule has 21 heavy (non-hydrogen) atoms. The smallest absolute Gasteiger partial charge is 0.256 e. The van der Waals surface area contributed by atoms with Crippen molar-refractivity contribution in [3.8, 4) is 0 Å². The maximum Gasteiger partial charge on any atom is 0.256 e. The quantitative estimate of drug-likeness (QED) is 0.833. The average Bonchev–Trinajstić information content (AvgIpc) is 3.18. The number of nitrogen functional groups attached to an aromatic ring is 1. The fourth-order valence-electron chi connectivity index (χ4n) is 3.01. The number of nitrogens with two attached hydrogens (primary N) is 1. The van der Waals surface area contributed by atoms with Crippen molar-refractivity contribution in [1.82, 2.24) is 4.90 Å². The summed E-state index contributed by atoms with van der Waals surface area (Å²) in [5.41, 5.74) is 8.02. The molecule has 2 aliphatic rings. The fourth-order valence-corrected chi connectivity index (χ4v) is 3.01. The SMILES string of the molecule is Nc1ccc(NCC2CCCO2)c(C(=O)N2CCCC2)c1. The Balaban J connectivity index is 1.73. The lowest BCUT2D eigenvalue weighted by Gasteiger charge is -2.20. The molecule has 0 aromatic heterocycles. The first kappa shape index (κ1) is 14.2. The lowest BCUT2D eigenvalue weighted by molar-refractivity contribution is 0.0793. The molecule has 114 valence electrons. The number of anilines is 2. The van der Waals surface area contributed by atoms with Crippen LogP contribution in [0.2, 0.25) is 0 Å². The summed E-state index contributed by atoms with van der Waals surface area (Å²) in [7, 11) is 0. The van der Waals surface area contributed by atoms with E-state index in [1.165, 1.54) is 0 Å². The predicted molar refractivity (Wildman–Crippen MR) is 83.5 cm³/mol. The summed E-state index contributed by atoms with van der Waals surface area (Å²) in [5.74, 6) is 0.0784. The Kier molecular flexibility index (Phi) is 4.29. The molecule has 2 heterocycles. The van der Waals surface area contributed by atoms with E-state index in [2.05, 4.69) is 5.32 Å². The third kappa shape index (κ3) is 3.29. The van der Waals surface area contributed by atoms with Crippen LogP contribution in [0.4, 0.5) is 11.4 Å². The zero-order valence-corrected chi connectivity index (χ0v) is 12.3. The van der Waals surface area contributed by atoms with Crippen LogP contribution in [0.5, 0.6) is 0 Å². The molecule has 5 nitrogen and oxygen atoms in total. The van der Waals surface area contributed by atoms with Crippen LogP contribution in [0.25, 0.3) is 0 Å². The van der Waals surface area contributed by atoms with Gasteiger partial charge in [-0.25, -0.2) is 0 Å². The van der Waals surface area contributed by atoms with Gasteiger partial charge in [0.05, 0.1) is 11.7 Å². The van der Waals surface area contributed by atoms with Gasteiger partial charge in [0.2, 0.25) is 0 Å². The Bertz CT molecular complexity index is 506. The van der Waals surface area contributed by atoms with Gasteiger partial charge in [0.15, 0.2) is 0 Å². The van der Waals surface area contributed by atoms with Crippen LogP contribution in [-0.2, 0) is 4.74 Å². The Morgan fingerprint density at radius 3 is 2.86 bits per heavy atom. The van der Waals surface area contributed by atoms with Crippen molar-refractivity contribution in [1.29, 1.82) is 0 Å². The first-order valence-electron chi connectivity index (χ1n) is 7.78. The molecule has 2 aliphatic heterocycles. The molecule has 3 N–H and O–H groups in total. The maximum atomic E-state index is 12.6. The van der Waals surface area contributed by atoms with Crippen LogP contribution < -0.4 is 11.1 Å². The monoisotopic (exact) mass is 289 g/mol. The number of carbonyl (C=O) groups excluding carboxylic acids is 1. The Morgan fingerprint density at radius 2 is 2.14 bits per heavy atom. The zero-order valence-electron chi connectivity index (χ0n) is 12.3. The van der Waals surface area contributed by atoms with E-state index >= 15 is 0 Å². The normalized spacial score (nSPS) is 21.7. The van der Waals surface area contributed by atoms with E-state index in [1.54, 1.807) is 6.07 Å². The lowest BCUT2D eigenvalue weighted by atomic mass is 10.1. The van der Waals surface area contributed by atoms with Crippen molar-refractivity contribution in [3.05, 3.63) is 23.8 Å². The van der Waals surface area contributed by atoms with Gasteiger partial charge in [-0.05, 0) is 43.9 Å². The molecular weight excluding hydrogens is 266 g/mol. The molecule has 2 saturated heterocycles. The fraction of sp³-hybridized carbons (Fsp3) is 0.562. The summed E-state index contributed by atoms with van der Waals surface area (Å²) in [5, 5.41) is 3.36. The number of hydrogen-bond acceptors (Lipinski definition) is 4. The van der Waals surface area contributed by atoms with Crippen LogP contribution >= 0.6 is 0 Å². The third-order valence-electron chi connectivity index (χ3n) is 4.21. The molecule has 1 atom stereocenters. The molecule has 2 fully saturated rings. The topological polar surface area (TPSA) is 67.6 Å². The van der Waals surface area contributed by atoms with Crippen molar-refractivity contribution in [2.75, 3.05) is 37.3 Å². The molecule has 1 unspecified atom stereocenters. The number of hydrogen-bond donors (Lipinski definition) is 2. The van der Waals surface area contributed by atoms with Gasteiger partial charge < -0.3 is 20.7 Å². The van der Waals surface area contributed by atoms with E-state index < -0.39 is 0 Å². The van der Waals surface area contributed by atoms with Crippen molar-refractivity contribution in [3.63, 3.8) is 0 Å². The van der Waals surface area contributed by atoms with Gasteiger partial charge in [-0.1, -0.05) is 0 Å². The van der Waals surface area contributed by atoms with Crippen LogP contribution in [0.1, 0.15) is 36.0 Å². The van der Waals surface area contributed by atoms with E-state index in [4.69, 9.17) is 10.5 Å². The highest BCUT2D eigenvalue weighted by molar-refractivity contribution is 6.00. The molecule has 0 aliphatic carbocycles. The summed E-state index contributed by atoms with van der Waals surface area (Å²) in [6.45, 7) is 3.27. The number of rotatable bonds is 4. The molecule has 0 saturated carbocycles. The second-order valence-electron chi connectivity index (χ2n) is 5.82. The zero-order chi connectivity index (χ0) is 14.7. The van der Waals surface area contributed by atoms with E-state index in [9.17, 15) is 4.79 Å². The lowest BCUT2D eigenvalue weighted by Crippen LogP contribution is -2.29. The molecule has 1 aromatic carbocycles. The highest BCUT2D eigenvalue weighted by atomic mass is 16.5. The van der Waals surface area contributed by atoms with Crippen molar-refractivity contribution in [2.45, 2.75) is 31.8 Å². The van der Waals surface area contributed by atoms with E-state index in [1.807, 2.05) is 17.0 Å². The predicted octanol–water partition coefficient (Wildman–Crippen LogP) is 2.10. The Labute approximate surface area is 125 Å². The number of amides is 1. The number of ether oxygens (including phenoxy) is 1. The number of benzene rings is 1. The molecule has 5 heteroatoms. The van der Waals surface area contributed by atoms with E-state index in [0.717, 1.165) is 57.6 Å². The first-order valence-corrected chi connectivity index (χ1v) is 7.78. The molecule has 0 spiro atoms. The molecule has 0 radical (unpaired) electrons. The number of nitrogens with zero attached hydrogens (tertiary/aromatic N) is 1. The highest BCUT2D eigenvalue weighted by Gasteiger charge is 2.23. The van der Waals surface area contributed by atoms with Gasteiger partial charge in [0.1, 0.15) is 0 Å². The minimum Gasteiger partial charge on any atom is -0.399 e. The molecule has 3 rings (SSSR count). The van der Waals surface area contributed by atoms with Crippen molar-refractivity contribution in [2.24, 2.45) is 0 Å². The van der Waals surface area contributed by atoms with Gasteiger partial charge in [-0.2, -0.15) is 0 Å². The molecule has 1 aromatic rings. The van der Waals surface area contributed by atoms with Crippen LogP contribution in [0.15, 0.2) is 18.2 Å². The highest BCUT2D eigenvalue weighted by Crippen LogP contribution is 2.23. The van der Waals surface area contributed by atoms with Crippen LogP contribution in [-0.4, -0.2) is 43.2 Å². The number of likely N-dealkylation sites (tertiary alicyclic amines) is 1. The van der Waals surface area contributed by atoms with Gasteiger partial charge in [-0.15, -0.1) is 0 Å². The number of nitrogens with one attached hydrogen (secondary N) is 1. The third-order valence-corrected chi connectivity index (χ3v) is 4.21. The molecule has 0 bridgehead atoms. The van der Waals surface area contributed by atoms with Gasteiger partial charge in [0.25, 0.3) is 5.91 Å². The minimum absolute atomic E-state index is 0.0784. The average molecular weight is 289 g/mol. The van der Waals surface area contributed by atoms with Gasteiger partial charge in [-0.3, -0.25) is 4.79 Å². The first-order chi connectivity index (χ1) is 10.2. The summed E-state index contributed by atoms with van der Waals surface area (Å²) in [6.07, 6.45) is 4.63. The van der Waals surface area contributed by atoms with Crippen LogP contribution in [0.3, 0.4) is 0 Å². The molecular formula is C16H23N3O2. The summed E-state index contributed by atoms with van der Waals surface area (Å²) in [4.78, 5) is 14.5. The maximum absolute atomic E-state index is 12.6. The largest absolute Gasteiger partial charge is 0.399 e. The summed E-state index contributed by atoms with van der Waals surface area (Å²) >= 11 is 0. The second kappa shape index (κ2) is 6.35. The van der Waals surface area contributed by atoms with Crippen molar-refractivity contribution < 1.29 is 9.53 Å². The second-order valence-corrected chi connectivity index (χ2v) is 5.82. The van der Waals surface area contributed by atoms with E-state index in [0.29, 0.717) is 11.3 Å². The van der Waals surface area contributed by atoms with Crippen LogP contribution in [0, 0.1) is 0 Å². The summed E-state index contributed by atoms with van der Waals surface area (Å²) in [6, 6.07) is 5.50. The van der Waals surface area contributed by atoms with Crippen molar-refractivity contribution >= 4 is 17.3 Å². The van der Waals surface area contributed by atoms with E-state index in [-0.39, 0.29) is 12.0 Å².